The predicted molar refractivity (Wildman–Crippen MR) is 135 cm³/mol. The van der Waals surface area contributed by atoms with Crippen molar-refractivity contribution in [1.29, 1.82) is 0 Å². The number of nitrogens with one attached hydrogen (secondary N) is 1. The molecule has 0 bridgehead atoms. The first-order valence-electron chi connectivity index (χ1n) is 10.8. The third-order valence-electron chi connectivity index (χ3n) is 5.31. The Hall–Kier alpha value is -3.13. The smallest absolute Gasteiger partial charge is 0.361 e. The second-order valence-corrected chi connectivity index (χ2v) is 9.62. The second-order valence-electron chi connectivity index (χ2n) is 9.22. The highest BCUT2D eigenvalue weighted by atomic mass is 35.5. The Labute approximate surface area is 202 Å². The van der Waals surface area contributed by atoms with E-state index in [1.165, 1.54) is 0 Å². The molecule has 0 aliphatic heterocycles. The molecule has 2 heterocycles. The van der Waals surface area contributed by atoms with Gasteiger partial charge in [0.25, 0.3) is 0 Å². The van der Waals surface area contributed by atoms with Gasteiger partial charge >= 0.3 is 6.18 Å². The van der Waals surface area contributed by atoms with E-state index in [0.717, 1.165) is 16.6 Å². The first kappa shape index (κ1) is 24.0. The van der Waals surface area contributed by atoms with Crippen LogP contribution in [0, 0.1) is 0 Å². The van der Waals surface area contributed by atoms with Crippen LogP contribution in [0.4, 0.5) is 19.0 Å². The van der Waals surface area contributed by atoms with E-state index in [0.29, 0.717) is 33.1 Å². The molecule has 0 amide bonds. The number of fused-ring (bicyclic) bond motifs is 1. The largest absolute Gasteiger partial charge is 0.405 e. The van der Waals surface area contributed by atoms with Gasteiger partial charge in [-0.1, -0.05) is 80.3 Å². The lowest BCUT2D eigenvalue weighted by Crippen LogP contribution is -2.24. The summed E-state index contributed by atoms with van der Waals surface area (Å²) >= 11 is 6.52. The Morgan fingerprint density at radius 1 is 0.912 bits per heavy atom. The fourth-order valence-electron chi connectivity index (χ4n) is 3.52. The van der Waals surface area contributed by atoms with Crippen LogP contribution in [0.5, 0.6) is 0 Å². The Bertz CT molecular complexity index is 1350. The van der Waals surface area contributed by atoms with Crippen molar-refractivity contribution in [2.75, 3.05) is 11.9 Å². The summed E-state index contributed by atoms with van der Waals surface area (Å²) in [6.45, 7) is 4.49. The number of rotatable bonds is 4. The first-order chi connectivity index (χ1) is 15.9. The maximum atomic E-state index is 13.1. The fourth-order valence-corrected chi connectivity index (χ4v) is 3.75. The molecular formula is C25H23BClF3N4. The maximum absolute atomic E-state index is 13.1. The number of nitrogens with zero attached hydrogens (tertiary/aromatic N) is 3. The molecule has 0 radical (unpaired) electrons. The molecule has 0 saturated carbocycles. The van der Waals surface area contributed by atoms with Gasteiger partial charge in [0.2, 0.25) is 0 Å². The highest BCUT2D eigenvalue weighted by Gasteiger charge is 2.29. The lowest BCUT2D eigenvalue weighted by Gasteiger charge is -2.20. The van der Waals surface area contributed by atoms with Crippen molar-refractivity contribution in [3.05, 3.63) is 65.4 Å². The van der Waals surface area contributed by atoms with E-state index in [9.17, 15) is 13.2 Å². The normalized spacial score (nSPS) is 12.2. The van der Waals surface area contributed by atoms with Crippen LogP contribution in [0.3, 0.4) is 0 Å². The number of hydrogen-bond acceptors (Lipinski definition) is 4. The quantitative estimate of drug-likeness (QED) is 0.388. The molecule has 1 N–H and O–H groups in total. The average molecular weight is 483 g/mol. The molecule has 4 aromatic rings. The first-order valence-corrected chi connectivity index (χ1v) is 11.2. The van der Waals surface area contributed by atoms with Gasteiger partial charge in [0.1, 0.15) is 26.0 Å². The van der Waals surface area contributed by atoms with Gasteiger partial charge in [-0.2, -0.15) is 13.2 Å². The maximum Gasteiger partial charge on any atom is 0.405 e. The summed E-state index contributed by atoms with van der Waals surface area (Å²) in [6, 6.07) is 17.0. The van der Waals surface area contributed by atoms with Crippen LogP contribution in [-0.2, 0) is 5.41 Å². The molecule has 0 unspecified atom stereocenters. The topological polar surface area (TPSA) is 50.7 Å². The zero-order valence-electron chi connectivity index (χ0n) is 19.3. The van der Waals surface area contributed by atoms with Gasteiger partial charge < -0.3 is 5.32 Å². The van der Waals surface area contributed by atoms with E-state index in [2.05, 4.69) is 15.3 Å². The van der Waals surface area contributed by atoms with Crippen LogP contribution in [0.1, 0.15) is 26.6 Å². The standard InChI is InChI=1S/C25H23BClF3N4/c1-24(2,3)23-33-21(31-13-25(28,29)30)18-12-17(14-8-10-15(26)11-9-14)20(32-22(18)34-23)16-6-4-5-7-19(16)27/h4-12H,13,26H2,1-3H3,(H,31,32,33,34). The number of halogens is 4. The van der Waals surface area contributed by atoms with Crippen LogP contribution in [0.25, 0.3) is 33.4 Å². The molecule has 0 fully saturated rings. The van der Waals surface area contributed by atoms with Crippen molar-refractivity contribution in [2.45, 2.75) is 32.4 Å². The van der Waals surface area contributed by atoms with E-state index in [-0.39, 0.29) is 5.82 Å². The molecular weight excluding hydrogens is 460 g/mol. The monoisotopic (exact) mass is 482 g/mol. The molecule has 9 heteroatoms. The number of anilines is 1. The molecule has 4 nitrogen and oxygen atoms in total. The molecule has 0 atom stereocenters. The molecule has 0 spiro atoms. The van der Waals surface area contributed by atoms with Gasteiger partial charge in [0, 0.05) is 21.6 Å². The Kier molecular flexibility index (Phi) is 6.29. The van der Waals surface area contributed by atoms with E-state index in [1.54, 1.807) is 12.1 Å². The van der Waals surface area contributed by atoms with Crippen molar-refractivity contribution in [3.63, 3.8) is 0 Å². The van der Waals surface area contributed by atoms with Gasteiger partial charge in [0.15, 0.2) is 5.65 Å². The van der Waals surface area contributed by atoms with Crippen LogP contribution in [0.2, 0.25) is 5.02 Å². The molecule has 2 aromatic carbocycles. The fraction of sp³-hybridized carbons (Fsp3) is 0.240. The third kappa shape index (κ3) is 5.17. The molecule has 174 valence electrons. The van der Waals surface area contributed by atoms with E-state index >= 15 is 0 Å². The van der Waals surface area contributed by atoms with Gasteiger partial charge in [-0.15, -0.1) is 0 Å². The SMILES string of the molecule is Bc1ccc(-c2cc3c(NCC(F)(F)F)nc(C(C)(C)C)nc3nc2-c2ccccc2Cl)cc1. The zero-order valence-corrected chi connectivity index (χ0v) is 20.0. The van der Waals surface area contributed by atoms with Crippen molar-refractivity contribution in [2.24, 2.45) is 0 Å². The minimum absolute atomic E-state index is 0.0961. The predicted octanol–water partition coefficient (Wildman–Crippen LogP) is 5.54. The summed E-state index contributed by atoms with van der Waals surface area (Å²) in [5.74, 6) is 0.490. The van der Waals surface area contributed by atoms with E-state index < -0.39 is 18.1 Å². The number of benzene rings is 2. The summed E-state index contributed by atoms with van der Waals surface area (Å²) in [5, 5.41) is 3.38. The zero-order chi connectivity index (χ0) is 24.7. The van der Waals surface area contributed by atoms with Crippen LogP contribution in [0.15, 0.2) is 54.6 Å². The van der Waals surface area contributed by atoms with Gasteiger partial charge in [0.05, 0.1) is 11.1 Å². The van der Waals surface area contributed by atoms with Crippen LogP contribution in [-0.4, -0.2) is 35.5 Å². The highest BCUT2D eigenvalue weighted by molar-refractivity contribution is 6.33. The molecule has 2 aromatic heterocycles. The van der Waals surface area contributed by atoms with E-state index in [4.69, 9.17) is 16.6 Å². The van der Waals surface area contributed by atoms with Gasteiger partial charge in [-0.25, -0.2) is 15.0 Å². The van der Waals surface area contributed by atoms with Gasteiger partial charge in [-0.3, -0.25) is 0 Å². The number of pyridine rings is 1. The van der Waals surface area contributed by atoms with Crippen molar-refractivity contribution < 1.29 is 13.2 Å². The average Bonchev–Trinajstić information content (AvgIpc) is 2.76. The summed E-state index contributed by atoms with van der Waals surface area (Å²) in [6.07, 6.45) is -4.40. The Morgan fingerprint density at radius 2 is 1.59 bits per heavy atom. The van der Waals surface area contributed by atoms with Crippen molar-refractivity contribution in [3.8, 4) is 22.4 Å². The van der Waals surface area contributed by atoms with Crippen molar-refractivity contribution >= 4 is 41.8 Å². The second kappa shape index (κ2) is 8.91. The summed E-state index contributed by atoms with van der Waals surface area (Å²) in [7, 11) is 1.98. The van der Waals surface area contributed by atoms with Crippen LogP contribution < -0.4 is 10.8 Å². The molecule has 34 heavy (non-hydrogen) atoms. The highest BCUT2D eigenvalue weighted by Crippen LogP contribution is 2.38. The molecule has 0 aliphatic carbocycles. The van der Waals surface area contributed by atoms with E-state index in [1.807, 2.05) is 71.1 Å². The minimum Gasteiger partial charge on any atom is -0.361 e. The summed E-state index contributed by atoms with van der Waals surface area (Å²) in [5.41, 5.74) is 3.78. The minimum atomic E-state index is -4.40. The summed E-state index contributed by atoms with van der Waals surface area (Å²) < 4.78 is 39.2. The number of hydrogen-bond donors (Lipinski definition) is 1. The molecule has 0 aliphatic rings. The lowest BCUT2D eigenvalue weighted by atomic mass is 9.92. The number of alkyl halides is 3. The van der Waals surface area contributed by atoms with Crippen LogP contribution >= 0.6 is 11.6 Å². The molecule has 4 rings (SSSR count). The summed E-state index contributed by atoms with van der Waals surface area (Å²) in [4.78, 5) is 13.9. The van der Waals surface area contributed by atoms with Crippen molar-refractivity contribution in [1.82, 2.24) is 15.0 Å². The van der Waals surface area contributed by atoms with Gasteiger partial charge in [-0.05, 0) is 17.7 Å². The Balaban J connectivity index is 2.04. The number of aromatic nitrogens is 3. The lowest BCUT2D eigenvalue weighted by molar-refractivity contribution is -0.115. The Morgan fingerprint density at radius 3 is 2.21 bits per heavy atom. The molecule has 0 saturated heterocycles. The third-order valence-corrected chi connectivity index (χ3v) is 5.64.